The highest BCUT2D eigenvalue weighted by molar-refractivity contribution is 8.00. The van der Waals surface area contributed by atoms with Gasteiger partial charge in [0, 0.05) is 18.0 Å². The number of nitrogens with zero attached hydrogens (tertiary/aromatic N) is 1. The Morgan fingerprint density at radius 1 is 1.55 bits per heavy atom. The lowest BCUT2D eigenvalue weighted by molar-refractivity contribution is -0.127. The predicted octanol–water partition coefficient (Wildman–Crippen LogP) is 1.86. The Balaban J connectivity index is 1.80. The summed E-state index contributed by atoms with van der Waals surface area (Å²) in [6.45, 7) is 2.77. The fourth-order valence-corrected chi connectivity index (χ4v) is 3.29. The molecule has 1 unspecified atom stereocenters. The molecular formula is C15H22N2O2S. The summed E-state index contributed by atoms with van der Waals surface area (Å²) < 4.78 is 5.19. The number of thioether (sulfide) groups is 1. The zero-order valence-corrected chi connectivity index (χ0v) is 12.9. The Bertz CT molecular complexity index is 453. The number of carbonyl (C=O) groups excluding carboxylic acids is 1. The minimum Gasteiger partial charge on any atom is -0.497 e. The molecule has 1 aromatic rings. The van der Waals surface area contributed by atoms with Gasteiger partial charge in [0.05, 0.1) is 12.9 Å². The lowest BCUT2D eigenvalue weighted by atomic mass is 10.1. The van der Waals surface area contributed by atoms with E-state index in [0.29, 0.717) is 11.7 Å². The van der Waals surface area contributed by atoms with Gasteiger partial charge in [-0.05, 0) is 44.1 Å². The number of likely N-dealkylation sites (tertiary alicyclic amines) is 1. The molecule has 5 heteroatoms. The summed E-state index contributed by atoms with van der Waals surface area (Å²) in [5.74, 6) is 2.17. The fourth-order valence-electron chi connectivity index (χ4n) is 2.44. The Labute approximate surface area is 124 Å². The molecule has 110 valence electrons. The quantitative estimate of drug-likeness (QED) is 0.813. The average molecular weight is 294 g/mol. The van der Waals surface area contributed by atoms with Crippen molar-refractivity contribution in [2.75, 3.05) is 39.5 Å². The van der Waals surface area contributed by atoms with Crippen LogP contribution in [0.15, 0.2) is 29.2 Å². The van der Waals surface area contributed by atoms with Gasteiger partial charge in [-0.3, -0.25) is 4.79 Å². The molecule has 2 rings (SSSR count). The largest absolute Gasteiger partial charge is 0.497 e. The molecule has 0 aromatic heterocycles. The number of hydrogen-bond donors (Lipinski definition) is 1. The van der Waals surface area contributed by atoms with Crippen LogP contribution in [0, 0.1) is 5.92 Å². The number of benzene rings is 1. The third kappa shape index (κ3) is 4.15. The molecule has 1 aliphatic heterocycles. The second-order valence-electron chi connectivity index (χ2n) is 5.02. The van der Waals surface area contributed by atoms with E-state index in [1.165, 1.54) is 0 Å². The number of methoxy groups -OCH3 is 1. The molecule has 0 radical (unpaired) electrons. The van der Waals surface area contributed by atoms with Crippen molar-refractivity contribution in [2.45, 2.75) is 11.3 Å². The van der Waals surface area contributed by atoms with E-state index in [2.05, 4.69) is 5.32 Å². The molecule has 1 N–H and O–H groups in total. The number of rotatable bonds is 6. The van der Waals surface area contributed by atoms with Crippen molar-refractivity contribution in [3.05, 3.63) is 24.3 Å². The number of ether oxygens (including phenoxy) is 1. The summed E-state index contributed by atoms with van der Waals surface area (Å²) in [5, 5.41) is 3.18. The number of hydrogen-bond acceptors (Lipinski definition) is 4. The number of nitrogens with one attached hydrogen (secondary N) is 1. The average Bonchev–Trinajstić information content (AvgIpc) is 2.94. The zero-order valence-electron chi connectivity index (χ0n) is 12.1. The van der Waals surface area contributed by atoms with E-state index in [4.69, 9.17) is 4.74 Å². The Morgan fingerprint density at radius 3 is 3.15 bits per heavy atom. The number of amides is 1. The first-order valence-corrected chi connectivity index (χ1v) is 7.90. The first-order chi connectivity index (χ1) is 9.72. The third-order valence-electron chi connectivity index (χ3n) is 3.53. The van der Waals surface area contributed by atoms with E-state index in [9.17, 15) is 4.79 Å². The minimum atomic E-state index is 0.233. The summed E-state index contributed by atoms with van der Waals surface area (Å²) in [6.07, 6.45) is 1.11. The van der Waals surface area contributed by atoms with E-state index >= 15 is 0 Å². The van der Waals surface area contributed by atoms with Gasteiger partial charge in [-0.1, -0.05) is 6.07 Å². The first-order valence-electron chi connectivity index (χ1n) is 6.92. The van der Waals surface area contributed by atoms with Gasteiger partial charge in [0.2, 0.25) is 5.91 Å². The summed E-state index contributed by atoms with van der Waals surface area (Å²) in [6, 6.07) is 7.83. The van der Waals surface area contributed by atoms with Crippen molar-refractivity contribution < 1.29 is 9.53 Å². The van der Waals surface area contributed by atoms with Crippen LogP contribution in [-0.2, 0) is 4.79 Å². The van der Waals surface area contributed by atoms with Crippen LogP contribution < -0.4 is 10.1 Å². The van der Waals surface area contributed by atoms with Crippen molar-refractivity contribution in [1.82, 2.24) is 10.2 Å². The topological polar surface area (TPSA) is 41.6 Å². The van der Waals surface area contributed by atoms with Crippen molar-refractivity contribution >= 4 is 17.7 Å². The van der Waals surface area contributed by atoms with Gasteiger partial charge < -0.3 is 15.0 Å². The van der Waals surface area contributed by atoms with E-state index in [-0.39, 0.29) is 5.91 Å². The number of carbonyl (C=O) groups is 1. The van der Waals surface area contributed by atoms with Crippen LogP contribution in [0.3, 0.4) is 0 Å². The molecule has 1 aromatic carbocycles. The smallest absolute Gasteiger partial charge is 0.232 e. The fraction of sp³-hybridized carbons (Fsp3) is 0.533. The zero-order chi connectivity index (χ0) is 14.4. The molecule has 20 heavy (non-hydrogen) atoms. The molecule has 1 amide bonds. The Kier molecular flexibility index (Phi) is 5.73. The summed E-state index contributed by atoms with van der Waals surface area (Å²) in [5.41, 5.74) is 0. The molecule has 1 fully saturated rings. The molecule has 1 aliphatic rings. The monoisotopic (exact) mass is 294 g/mol. The SMILES string of the molecule is CNCC1CCN(C(=O)CSc2cccc(OC)c2)C1. The molecule has 0 aliphatic carbocycles. The minimum absolute atomic E-state index is 0.233. The molecule has 0 spiro atoms. The summed E-state index contributed by atoms with van der Waals surface area (Å²) in [4.78, 5) is 15.2. The van der Waals surface area contributed by atoms with Crippen LogP contribution in [0.4, 0.5) is 0 Å². The van der Waals surface area contributed by atoms with E-state index in [1.807, 2.05) is 36.2 Å². The molecule has 1 saturated heterocycles. The van der Waals surface area contributed by atoms with Crippen LogP contribution in [-0.4, -0.2) is 50.4 Å². The Morgan fingerprint density at radius 2 is 2.40 bits per heavy atom. The van der Waals surface area contributed by atoms with Crippen molar-refractivity contribution in [3.8, 4) is 5.75 Å². The standard InChI is InChI=1S/C15H22N2O2S/c1-16-9-12-6-7-17(10-12)15(18)11-20-14-5-3-4-13(8-14)19-2/h3-5,8,12,16H,6-7,9-11H2,1-2H3. The highest BCUT2D eigenvalue weighted by atomic mass is 32.2. The normalized spacial score (nSPS) is 18.3. The molecule has 1 heterocycles. The lowest BCUT2D eigenvalue weighted by Crippen LogP contribution is -2.31. The van der Waals surface area contributed by atoms with Crippen LogP contribution >= 0.6 is 11.8 Å². The lowest BCUT2D eigenvalue weighted by Gasteiger charge is -2.16. The van der Waals surface area contributed by atoms with Crippen molar-refractivity contribution in [1.29, 1.82) is 0 Å². The van der Waals surface area contributed by atoms with Crippen LogP contribution in [0.25, 0.3) is 0 Å². The first kappa shape index (κ1) is 15.2. The summed E-state index contributed by atoms with van der Waals surface area (Å²) >= 11 is 1.57. The van der Waals surface area contributed by atoms with Crippen LogP contribution in [0.1, 0.15) is 6.42 Å². The highest BCUT2D eigenvalue weighted by Gasteiger charge is 2.25. The van der Waals surface area contributed by atoms with Crippen molar-refractivity contribution in [3.63, 3.8) is 0 Å². The van der Waals surface area contributed by atoms with Gasteiger partial charge >= 0.3 is 0 Å². The summed E-state index contributed by atoms with van der Waals surface area (Å²) in [7, 11) is 3.62. The van der Waals surface area contributed by atoms with Crippen LogP contribution in [0.2, 0.25) is 0 Å². The van der Waals surface area contributed by atoms with Gasteiger partial charge in [0.15, 0.2) is 0 Å². The molecule has 4 nitrogen and oxygen atoms in total. The highest BCUT2D eigenvalue weighted by Crippen LogP contribution is 2.24. The maximum Gasteiger partial charge on any atom is 0.232 e. The van der Waals surface area contributed by atoms with Gasteiger partial charge in [-0.15, -0.1) is 11.8 Å². The second kappa shape index (κ2) is 7.55. The van der Waals surface area contributed by atoms with Crippen molar-refractivity contribution in [2.24, 2.45) is 5.92 Å². The van der Waals surface area contributed by atoms with Gasteiger partial charge in [-0.2, -0.15) is 0 Å². The van der Waals surface area contributed by atoms with Gasteiger partial charge in [0.25, 0.3) is 0 Å². The second-order valence-corrected chi connectivity index (χ2v) is 6.07. The molecular weight excluding hydrogens is 272 g/mol. The molecule has 1 atom stereocenters. The molecule has 0 bridgehead atoms. The maximum atomic E-state index is 12.2. The Hall–Kier alpha value is -1.20. The van der Waals surface area contributed by atoms with Crippen LogP contribution in [0.5, 0.6) is 5.75 Å². The maximum absolute atomic E-state index is 12.2. The third-order valence-corrected chi connectivity index (χ3v) is 4.51. The predicted molar refractivity (Wildman–Crippen MR) is 82.3 cm³/mol. The van der Waals surface area contributed by atoms with E-state index < -0.39 is 0 Å². The van der Waals surface area contributed by atoms with E-state index in [1.54, 1.807) is 18.9 Å². The van der Waals surface area contributed by atoms with Gasteiger partial charge in [0.1, 0.15) is 5.75 Å². The van der Waals surface area contributed by atoms with Gasteiger partial charge in [-0.25, -0.2) is 0 Å². The molecule has 0 saturated carbocycles. The van der Waals surface area contributed by atoms with E-state index in [0.717, 1.165) is 36.7 Å².